The van der Waals surface area contributed by atoms with Gasteiger partial charge in [0.15, 0.2) is 0 Å². The van der Waals surface area contributed by atoms with Crippen molar-refractivity contribution in [3.05, 3.63) is 0 Å². The number of sulfonamides is 1. The predicted molar refractivity (Wildman–Crippen MR) is 57.7 cm³/mol. The van der Waals surface area contributed by atoms with Crippen LogP contribution in [0.2, 0.25) is 0 Å². The van der Waals surface area contributed by atoms with E-state index in [2.05, 4.69) is 9.62 Å². The van der Waals surface area contributed by atoms with Crippen LogP contribution in [-0.2, 0) is 10.0 Å². The molecule has 0 radical (unpaired) electrons. The molecule has 0 aromatic heterocycles. The summed E-state index contributed by atoms with van der Waals surface area (Å²) >= 11 is 0. The highest BCUT2D eigenvalue weighted by atomic mass is 32.2. The van der Waals surface area contributed by atoms with Crippen molar-refractivity contribution in [3.8, 4) is 0 Å². The zero-order valence-electron chi connectivity index (χ0n) is 8.99. The van der Waals surface area contributed by atoms with E-state index < -0.39 is 10.0 Å². The Balaban J connectivity index is 2.35. The third-order valence-electron chi connectivity index (χ3n) is 2.50. The number of hydrogen-bond acceptors (Lipinski definition) is 3. The summed E-state index contributed by atoms with van der Waals surface area (Å²) in [6.45, 7) is 3.82. The molecule has 5 heteroatoms. The molecule has 1 aliphatic rings. The number of nitrogens with zero attached hydrogens (tertiary/aromatic N) is 1. The molecule has 1 rings (SSSR count). The maximum absolute atomic E-state index is 11.5. The van der Waals surface area contributed by atoms with E-state index in [4.69, 9.17) is 0 Å². The van der Waals surface area contributed by atoms with E-state index in [9.17, 15) is 8.42 Å². The number of rotatable bonds is 5. The van der Waals surface area contributed by atoms with Crippen molar-refractivity contribution >= 4 is 10.0 Å². The summed E-state index contributed by atoms with van der Waals surface area (Å²) in [5, 5.41) is 0. The minimum absolute atomic E-state index is 0.127. The Morgan fingerprint density at radius 1 is 1.50 bits per heavy atom. The van der Waals surface area contributed by atoms with Gasteiger partial charge in [-0.1, -0.05) is 13.3 Å². The van der Waals surface area contributed by atoms with Crippen molar-refractivity contribution in [3.63, 3.8) is 0 Å². The summed E-state index contributed by atoms with van der Waals surface area (Å²) in [4.78, 5) is 2.15. The standard InChI is InChI=1S/C9H20N2O2S/c1-3-4-7-14(12,13)10-9-5-6-11(2)8-9/h9-10H,3-8H2,1-2H3. The van der Waals surface area contributed by atoms with Gasteiger partial charge in [0, 0.05) is 12.6 Å². The Kier molecular flexibility index (Phi) is 4.34. The Morgan fingerprint density at radius 2 is 2.21 bits per heavy atom. The third kappa shape index (κ3) is 3.94. The molecule has 0 aliphatic carbocycles. The summed E-state index contributed by atoms with van der Waals surface area (Å²) in [5.74, 6) is 0.268. The molecule has 0 spiro atoms. The van der Waals surface area contributed by atoms with E-state index in [1.54, 1.807) is 0 Å². The molecule has 0 bridgehead atoms. The lowest BCUT2D eigenvalue weighted by atomic mass is 10.3. The molecule has 14 heavy (non-hydrogen) atoms. The summed E-state index contributed by atoms with van der Waals surface area (Å²) in [5.41, 5.74) is 0. The van der Waals surface area contributed by atoms with Crippen LogP contribution in [0.3, 0.4) is 0 Å². The van der Waals surface area contributed by atoms with Crippen LogP contribution in [-0.4, -0.2) is 45.2 Å². The second-order valence-corrected chi connectivity index (χ2v) is 5.91. The molecule has 0 saturated carbocycles. The van der Waals surface area contributed by atoms with Crippen LogP contribution in [0.1, 0.15) is 26.2 Å². The molecule has 1 fully saturated rings. The van der Waals surface area contributed by atoms with Crippen LogP contribution in [0.25, 0.3) is 0 Å². The lowest BCUT2D eigenvalue weighted by Crippen LogP contribution is -2.37. The first kappa shape index (κ1) is 11.9. The van der Waals surface area contributed by atoms with Crippen molar-refractivity contribution in [2.45, 2.75) is 32.2 Å². The summed E-state index contributed by atoms with van der Waals surface area (Å²) in [6, 6.07) is 0.127. The van der Waals surface area contributed by atoms with Gasteiger partial charge < -0.3 is 4.90 Å². The smallest absolute Gasteiger partial charge is 0.211 e. The average Bonchev–Trinajstić information content (AvgIpc) is 2.47. The summed E-state index contributed by atoms with van der Waals surface area (Å²) in [7, 11) is -1.01. The molecule has 1 saturated heterocycles. The maximum Gasteiger partial charge on any atom is 0.211 e. The van der Waals surface area contributed by atoms with Crippen LogP contribution < -0.4 is 4.72 Å². The van der Waals surface area contributed by atoms with E-state index in [1.807, 2.05) is 14.0 Å². The highest BCUT2D eigenvalue weighted by Crippen LogP contribution is 2.07. The molecular weight excluding hydrogens is 200 g/mol. The zero-order valence-corrected chi connectivity index (χ0v) is 9.81. The molecule has 0 aromatic carbocycles. The first-order valence-corrected chi connectivity index (χ1v) is 6.87. The van der Waals surface area contributed by atoms with E-state index in [0.29, 0.717) is 0 Å². The van der Waals surface area contributed by atoms with Gasteiger partial charge >= 0.3 is 0 Å². The van der Waals surface area contributed by atoms with Gasteiger partial charge in [0.1, 0.15) is 0 Å². The van der Waals surface area contributed by atoms with Crippen molar-refractivity contribution in [1.82, 2.24) is 9.62 Å². The Morgan fingerprint density at radius 3 is 2.71 bits per heavy atom. The second-order valence-electron chi connectivity index (χ2n) is 4.04. The molecule has 1 atom stereocenters. The molecule has 1 N–H and O–H groups in total. The van der Waals surface area contributed by atoms with Crippen LogP contribution in [0.5, 0.6) is 0 Å². The molecule has 4 nitrogen and oxygen atoms in total. The van der Waals surface area contributed by atoms with Gasteiger partial charge in [0.05, 0.1) is 5.75 Å². The Bertz CT molecular complexity index is 264. The third-order valence-corrected chi connectivity index (χ3v) is 4.02. The predicted octanol–water partition coefficient (Wildman–Crippen LogP) is 0.410. The molecular formula is C9H20N2O2S. The van der Waals surface area contributed by atoms with Crippen molar-refractivity contribution in [2.75, 3.05) is 25.9 Å². The van der Waals surface area contributed by atoms with Crippen LogP contribution in [0.4, 0.5) is 0 Å². The zero-order chi connectivity index (χ0) is 10.6. The van der Waals surface area contributed by atoms with Gasteiger partial charge in [0.2, 0.25) is 10.0 Å². The van der Waals surface area contributed by atoms with Crippen LogP contribution in [0, 0.1) is 0 Å². The van der Waals surface area contributed by atoms with Gasteiger partial charge in [-0.2, -0.15) is 0 Å². The fourth-order valence-electron chi connectivity index (χ4n) is 1.68. The van der Waals surface area contributed by atoms with Crippen LogP contribution >= 0.6 is 0 Å². The first-order chi connectivity index (χ1) is 6.53. The van der Waals surface area contributed by atoms with Crippen molar-refractivity contribution in [2.24, 2.45) is 0 Å². The minimum atomic E-state index is -3.03. The highest BCUT2D eigenvalue weighted by molar-refractivity contribution is 7.89. The van der Waals surface area contributed by atoms with E-state index >= 15 is 0 Å². The second kappa shape index (κ2) is 5.09. The van der Waals surface area contributed by atoms with Crippen LogP contribution in [0.15, 0.2) is 0 Å². The first-order valence-electron chi connectivity index (χ1n) is 5.22. The minimum Gasteiger partial charge on any atom is -0.305 e. The largest absolute Gasteiger partial charge is 0.305 e. The topological polar surface area (TPSA) is 49.4 Å². The SMILES string of the molecule is CCCCS(=O)(=O)NC1CCN(C)C1. The molecule has 0 aromatic rings. The summed E-state index contributed by atoms with van der Waals surface area (Å²) in [6.07, 6.45) is 2.60. The number of nitrogens with one attached hydrogen (secondary N) is 1. The quantitative estimate of drug-likeness (QED) is 0.730. The van der Waals surface area contributed by atoms with Gasteiger partial charge in [-0.25, -0.2) is 13.1 Å². The monoisotopic (exact) mass is 220 g/mol. The lowest BCUT2D eigenvalue weighted by molar-refractivity contribution is 0.407. The summed E-state index contributed by atoms with van der Waals surface area (Å²) < 4.78 is 25.8. The van der Waals surface area contributed by atoms with Crippen molar-refractivity contribution in [1.29, 1.82) is 0 Å². The Hall–Kier alpha value is -0.130. The fraction of sp³-hybridized carbons (Fsp3) is 1.00. The van der Waals surface area contributed by atoms with E-state index in [-0.39, 0.29) is 11.8 Å². The van der Waals surface area contributed by atoms with Gasteiger partial charge in [-0.05, 0) is 26.4 Å². The van der Waals surface area contributed by atoms with Gasteiger partial charge in [-0.15, -0.1) is 0 Å². The maximum atomic E-state index is 11.5. The average molecular weight is 220 g/mol. The molecule has 0 amide bonds. The highest BCUT2D eigenvalue weighted by Gasteiger charge is 2.23. The lowest BCUT2D eigenvalue weighted by Gasteiger charge is -2.12. The van der Waals surface area contributed by atoms with E-state index in [1.165, 1.54) is 0 Å². The molecule has 1 aliphatic heterocycles. The Labute approximate surface area is 86.7 Å². The number of unbranched alkanes of at least 4 members (excludes halogenated alkanes) is 1. The molecule has 1 heterocycles. The molecule has 84 valence electrons. The van der Waals surface area contributed by atoms with Crippen molar-refractivity contribution < 1.29 is 8.42 Å². The molecule has 1 unspecified atom stereocenters. The fourth-order valence-corrected chi connectivity index (χ4v) is 3.17. The number of likely N-dealkylation sites (N-methyl/N-ethyl adjacent to an activating group) is 1. The van der Waals surface area contributed by atoms with Gasteiger partial charge in [0.25, 0.3) is 0 Å². The van der Waals surface area contributed by atoms with Gasteiger partial charge in [-0.3, -0.25) is 0 Å². The van der Waals surface area contributed by atoms with E-state index in [0.717, 1.165) is 32.4 Å². The number of hydrogen-bond donors (Lipinski definition) is 1. The normalized spacial score (nSPS) is 24.3. The number of likely N-dealkylation sites (tertiary alicyclic amines) is 1.